The van der Waals surface area contributed by atoms with Gasteiger partial charge in [-0.1, -0.05) is 12.1 Å². The van der Waals surface area contributed by atoms with Gasteiger partial charge in [-0.05, 0) is 66.8 Å². The molecule has 2 N–H and O–H groups in total. The molecule has 0 radical (unpaired) electrons. The first-order valence-corrected chi connectivity index (χ1v) is 13.2. The number of hydrogen-bond acceptors (Lipinski definition) is 7. The van der Waals surface area contributed by atoms with E-state index in [1.165, 1.54) is 0 Å². The van der Waals surface area contributed by atoms with Crippen LogP contribution in [0.25, 0.3) is 33.3 Å². The topological polar surface area (TPSA) is 101 Å². The Bertz CT molecular complexity index is 1680. The summed E-state index contributed by atoms with van der Waals surface area (Å²) in [5, 5.41) is 9.29. The summed E-state index contributed by atoms with van der Waals surface area (Å²) in [5.41, 5.74) is 6.33. The van der Waals surface area contributed by atoms with Gasteiger partial charge in [-0.2, -0.15) is 5.10 Å². The molecule has 0 spiro atoms. The Morgan fingerprint density at radius 2 is 1.87 bits per heavy atom. The SMILES string of the molecule is Cc1cccc(-c2cc3cc[nH]c(=O)c3c(Nc3ccc(-c4cnn(CCN5CCOCC5)c4)c(C)c3)n2)n1. The molecule has 0 amide bonds. The standard InChI is InChI=1S/C30H31N7O2/c1-20-16-24(6-7-25(20)23-18-32-37(19-23)11-10-36-12-14-39-15-13-36)34-29-28-22(8-9-31-30(28)38)17-27(35-29)26-5-3-4-21(2)33-26/h3-9,16-19H,10-15H2,1-2H3,(H,31,38)(H,34,35). The predicted octanol–water partition coefficient (Wildman–Crippen LogP) is 4.54. The summed E-state index contributed by atoms with van der Waals surface area (Å²) in [7, 11) is 0. The van der Waals surface area contributed by atoms with Gasteiger partial charge in [-0.15, -0.1) is 0 Å². The smallest absolute Gasteiger partial charge is 0.259 e. The molecule has 1 saturated heterocycles. The molecule has 198 valence electrons. The lowest BCUT2D eigenvalue weighted by molar-refractivity contribution is 0.0360. The zero-order valence-corrected chi connectivity index (χ0v) is 22.1. The highest BCUT2D eigenvalue weighted by Gasteiger charge is 2.14. The second-order valence-electron chi connectivity index (χ2n) is 9.89. The van der Waals surface area contributed by atoms with E-state index in [2.05, 4.69) is 50.5 Å². The van der Waals surface area contributed by atoms with Gasteiger partial charge in [0.05, 0.1) is 42.7 Å². The average Bonchev–Trinajstić information content (AvgIpc) is 3.41. The Balaban J connectivity index is 1.26. The molecule has 4 aromatic heterocycles. The maximum Gasteiger partial charge on any atom is 0.259 e. The van der Waals surface area contributed by atoms with Crippen molar-refractivity contribution in [3.8, 4) is 22.5 Å². The van der Waals surface area contributed by atoms with Crippen LogP contribution in [0.3, 0.4) is 0 Å². The van der Waals surface area contributed by atoms with Gasteiger partial charge in [0.15, 0.2) is 0 Å². The summed E-state index contributed by atoms with van der Waals surface area (Å²) in [4.78, 5) is 27.4. The van der Waals surface area contributed by atoms with Gasteiger partial charge in [0, 0.05) is 49.0 Å². The summed E-state index contributed by atoms with van der Waals surface area (Å²) in [6, 6.07) is 15.8. The van der Waals surface area contributed by atoms with Crippen LogP contribution in [0.2, 0.25) is 0 Å². The van der Waals surface area contributed by atoms with Gasteiger partial charge in [0.2, 0.25) is 0 Å². The number of morpholine rings is 1. The van der Waals surface area contributed by atoms with E-state index < -0.39 is 0 Å². The average molecular weight is 522 g/mol. The van der Waals surface area contributed by atoms with Crippen molar-refractivity contribution in [3.05, 3.63) is 88.7 Å². The van der Waals surface area contributed by atoms with E-state index in [0.29, 0.717) is 16.9 Å². The van der Waals surface area contributed by atoms with Crippen molar-refractivity contribution in [2.45, 2.75) is 20.4 Å². The van der Waals surface area contributed by atoms with Crippen LogP contribution in [0.1, 0.15) is 11.3 Å². The predicted molar refractivity (Wildman–Crippen MR) is 153 cm³/mol. The highest BCUT2D eigenvalue weighted by atomic mass is 16.5. The molecule has 1 aromatic carbocycles. The van der Waals surface area contributed by atoms with Crippen molar-refractivity contribution < 1.29 is 4.74 Å². The molecular weight excluding hydrogens is 490 g/mol. The molecule has 1 aliphatic rings. The molecule has 0 atom stereocenters. The second-order valence-corrected chi connectivity index (χ2v) is 9.89. The lowest BCUT2D eigenvalue weighted by Crippen LogP contribution is -2.38. The number of benzene rings is 1. The molecular formula is C30H31N7O2. The quantitative estimate of drug-likeness (QED) is 0.324. The fourth-order valence-electron chi connectivity index (χ4n) is 5.02. The summed E-state index contributed by atoms with van der Waals surface area (Å²) in [6.07, 6.45) is 5.67. The number of aryl methyl sites for hydroxylation is 2. The lowest BCUT2D eigenvalue weighted by Gasteiger charge is -2.26. The highest BCUT2D eigenvalue weighted by Crippen LogP contribution is 2.30. The number of anilines is 2. The third-order valence-corrected chi connectivity index (χ3v) is 7.09. The summed E-state index contributed by atoms with van der Waals surface area (Å²) < 4.78 is 7.44. The molecule has 9 heteroatoms. The van der Waals surface area contributed by atoms with Gasteiger partial charge in [0.25, 0.3) is 5.56 Å². The number of aromatic amines is 1. The zero-order chi connectivity index (χ0) is 26.8. The number of nitrogens with one attached hydrogen (secondary N) is 2. The first-order chi connectivity index (χ1) is 19.0. The number of aromatic nitrogens is 5. The summed E-state index contributed by atoms with van der Waals surface area (Å²) in [5.74, 6) is 0.496. The van der Waals surface area contributed by atoms with Crippen molar-refractivity contribution in [2.24, 2.45) is 0 Å². The van der Waals surface area contributed by atoms with Gasteiger partial charge in [-0.3, -0.25) is 19.4 Å². The minimum atomic E-state index is -0.191. The van der Waals surface area contributed by atoms with Gasteiger partial charge in [0.1, 0.15) is 5.82 Å². The van der Waals surface area contributed by atoms with Crippen molar-refractivity contribution in [1.29, 1.82) is 0 Å². The molecule has 1 fully saturated rings. The fourth-order valence-corrected chi connectivity index (χ4v) is 5.02. The van der Waals surface area contributed by atoms with Gasteiger partial charge < -0.3 is 15.0 Å². The summed E-state index contributed by atoms with van der Waals surface area (Å²) in [6.45, 7) is 9.39. The molecule has 0 unspecified atom stereocenters. The third kappa shape index (κ3) is 5.45. The number of hydrogen-bond donors (Lipinski definition) is 2. The first kappa shape index (κ1) is 25.0. The normalized spacial score (nSPS) is 14.1. The van der Waals surface area contributed by atoms with E-state index in [0.717, 1.165) is 78.5 Å². The maximum absolute atomic E-state index is 12.8. The van der Waals surface area contributed by atoms with Gasteiger partial charge >= 0.3 is 0 Å². The Hall–Kier alpha value is -4.34. The molecule has 0 saturated carbocycles. The Kier molecular flexibility index (Phi) is 6.91. The van der Waals surface area contributed by atoms with Gasteiger partial charge in [-0.25, -0.2) is 4.98 Å². The molecule has 5 aromatic rings. The lowest BCUT2D eigenvalue weighted by atomic mass is 10.0. The van der Waals surface area contributed by atoms with E-state index in [1.54, 1.807) is 6.20 Å². The zero-order valence-electron chi connectivity index (χ0n) is 22.1. The Labute approximate surface area is 226 Å². The van der Waals surface area contributed by atoms with Crippen LogP contribution < -0.4 is 10.9 Å². The van der Waals surface area contributed by atoms with Crippen LogP contribution in [0.15, 0.2) is 71.9 Å². The number of nitrogens with zero attached hydrogens (tertiary/aromatic N) is 5. The molecule has 0 aliphatic carbocycles. The highest BCUT2D eigenvalue weighted by molar-refractivity contribution is 5.95. The van der Waals surface area contributed by atoms with Crippen molar-refractivity contribution in [3.63, 3.8) is 0 Å². The molecule has 39 heavy (non-hydrogen) atoms. The number of ether oxygens (including phenoxy) is 1. The monoisotopic (exact) mass is 521 g/mol. The van der Waals surface area contributed by atoms with E-state index in [1.807, 2.05) is 54.2 Å². The number of pyridine rings is 3. The Morgan fingerprint density at radius 1 is 1.00 bits per heavy atom. The second kappa shape index (κ2) is 10.8. The largest absolute Gasteiger partial charge is 0.379 e. The first-order valence-electron chi connectivity index (χ1n) is 13.2. The van der Waals surface area contributed by atoms with Crippen LogP contribution in [0.4, 0.5) is 11.5 Å². The van der Waals surface area contributed by atoms with E-state index in [9.17, 15) is 4.79 Å². The maximum atomic E-state index is 12.8. The molecule has 6 rings (SSSR count). The minimum Gasteiger partial charge on any atom is -0.379 e. The van der Waals surface area contributed by atoms with E-state index >= 15 is 0 Å². The fraction of sp³-hybridized carbons (Fsp3) is 0.267. The summed E-state index contributed by atoms with van der Waals surface area (Å²) >= 11 is 0. The van der Waals surface area contributed by atoms with E-state index in [-0.39, 0.29) is 5.56 Å². The number of rotatable bonds is 7. The van der Waals surface area contributed by atoms with Crippen LogP contribution in [0.5, 0.6) is 0 Å². The van der Waals surface area contributed by atoms with Crippen LogP contribution >= 0.6 is 0 Å². The van der Waals surface area contributed by atoms with Crippen LogP contribution in [-0.4, -0.2) is 62.5 Å². The third-order valence-electron chi connectivity index (χ3n) is 7.09. The van der Waals surface area contributed by atoms with Crippen molar-refractivity contribution in [2.75, 3.05) is 38.2 Å². The molecule has 9 nitrogen and oxygen atoms in total. The Morgan fingerprint density at radius 3 is 2.69 bits per heavy atom. The van der Waals surface area contributed by atoms with Crippen molar-refractivity contribution in [1.82, 2.24) is 29.6 Å². The minimum absolute atomic E-state index is 0.191. The molecule has 5 heterocycles. The van der Waals surface area contributed by atoms with Crippen molar-refractivity contribution >= 4 is 22.3 Å². The van der Waals surface area contributed by atoms with Crippen LogP contribution in [-0.2, 0) is 11.3 Å². The van der Waals surface area contributed by atoms with E-state index in [4.69, 9.17) is 9.72 Å². The molecule has 1 aliphatic heterocycles. The number of H-pyrrole nitrogens is 1. The van der Waals surface area contributed by atoms with Crippen LogP contribution in [0, 0.1) is 13.8 Å². The molecule has 0 bridgehead atoms. The number of fused-ring (bicyclic) bond motifs is 1.